The maximum atomic E-state index is 12.8. The molecule has 6 heteroatoms. The van der Waals surface area contributed by atoms with Crippen molar-refractivity contribution in [2.45, 2.75) is 20.8 Å². The minimum absolute atomic E-state index is 0.139. The molecule has 0 saturated heterocycles. The number of allylic oxidation sites excluding steroid dienone is 1. The zero-order valence-corrected chi connectivity index (χ0v) is 17.9. The number of carbonyl (C=O) groups excluding carboxylic acids is 2. The molecule has 0 bridgehead atoms. The van der Waals surface area contributed by atoms with Crippen molar-refractivity contribution in [1.82, 2.24) is 0 Å². The number of amides is 1. The van der Waals surface area contributed by atoms with Gasteiger partial charge in [0, 0.05) is 26.1 Å². The van der Waals surface area contributed by atoms with Gasteiger partial charge in [0.1, 0.15) is 5.70 Å². The van der Waals surface area contributed by atoms with E-state index in [0.29, 0.717) is 11.4 Å². The Morgan fingerprint density at radius 3 is 2.12 bits per heavy atom. The molecule has 2 rings (SSSR count). The fourth-order valence-electron chi connectivity index (χ4n) is 1.95. The van der Waals surface area contributed by atoms with Gasteiger partial charge in [0.25, 0.3) is 5.91 Å². The molecule has 2 N–H and O–H groups in total. The van der Waals surface area contributed by atoms with Gasteiger partial charge in [-0.15, -0.1) is 0 Å². The average Bonchev–Trinajstić information content (AvgIpc) is 2.57. The van der Waals surface area contributed by atoms with E-state index in [0.717, 1.165) is 8.95 Å². The van der Waals surface area contributed by atoms with Crippen LogP contribution < -0.4 is 10.6 Å². The first-order valence-corrected chi connectivity index (χ1v) is 9.60. The predicted molar refractivity (Wildman–Crippen MR) is 113 cm³/mol. The highest BCUT2D eigenvalue weighted by atomic mass is 79.9. The molecule has 0 fully saturated rings. The monoisotopic (exact) mass is 478 g/mol. The van der Waals surface area contributed by atoms with Crippen molar-refractivity contribution in [3.05, 3.63) is 69.2 Å². The largest absolute Gasteiger partial charge is 0.351 e. The van der Waals surface area contributed by atoms with E-state index in [9.17, 15) is 9.59 Å². The van der Waals surface area contributed by atoms with Gasteiger partial charge in [-0.1, -0.05) is 48.8 Å². The summed E-state index contributed by atoms with van der Waals surface area (Å²) in [5.41, 5.74) is 0.941. The van der Waals surface area contributed by atoms with Crippen molar-refractivity contribution < 1.29 is 9.59 Å². The average molecular weight is 480 g/mol. The highest BCUT2D eigenvalue weighted by Gasteiger charge is 2.22. The van der Waals surface area contributed by atoms with Gasteiger partial charge in [0.05, 0.1) is 5.69 Å². The molecule has 2 aromatic rings. The zero-order valence-electron chi connectivity index (χ0n) is 14.8. The van der Waals surface area contributed by atoms with Crippen LogP contribution in [-0.4, -0.2) is 11.7 Å². The molecule has 4 nitrogen and oxygen atoms in total. The van der Waals surface area contributed by atoms with Crippen LogP contribution in [0.4, 0.5) is 11.4 Å². The molecule has 0 aliphatic carbocycles. The van der Waals surface area contributed by atoms with Crippen molar-refractivity contribution in [2.24, 2.45) is 5.41 Å². The highest BCUT2D eigenvalue weighted by molar-refractivity contribution is 9.10. The zero-order chi connectivity index (χ0) is 19.3. The number of hydrogen-bond acceptors (Lipinski definition) is 3. The number of nitrogens with one attached hydrogen (secondary N) is 2. The number of halogens is 2. The molecule has 0 atom stereocenters. The number of ketones is 1. The lowest BCUT2D eigenvalue weighted by Gasteiger charge is -2.17. The Morgan fingerprint density at radius 2 is 1.54 bits per heavy atom. The first-order valence-electron chi connectivity index (χ1n) is 8.01. The van der Waals surface area contributed by atoms with Crippen molar-refractivity contribution in [3.8, 4) is 0 Å². The van der Waals surface area contributed by atoms with Crippen LogP contribution in [0.1, 0.15) is 20.8 Å². The van der Waals surface area contributed by atoms with Crippen LogP contribution in [0.25, 0.3) is 0 Å². The molecule has 0 heterocycles. The van der Waals surface area contributed by atoms with Gasteiger partial charge in [-0.2, -0.15) is 0 Å². The predicted octanol–water partition coefficient (Wildman–Crippen LogP) is 5.76. The van der Waals surface area contributed by atoms with Crippen molar-refractivity contribution in [2.75, 3.05) is 10.6 Å². The van der Waals surface area contributed by atoms with Gasteiger partial charge in [-0.05, 0) is 52.3 Å². The number of carbonyl (C=O) groups is 2. The lowest BCUT2D eigenvalue weighted by molar-refractivity contribution is -0.122. The Labute approximate surface area is 170 Å². The van der Waals surface area contributed by atoms with Crippen LogP contribution in [0.3, 0.4) is 0 Å². The summed E-state index contributed by atoms with van der Waals surface area (Å²) in [5, 5.41) is 5.86. The summed E-state index contributed by atoms with van der Waals surface area (Å²) in [6, 6.07) is 14.7. The Kier molecular flexibility index (Phi) is 6.78. The molecule has 0 aliphatic heterocycles. The molecule has 0 unspecified atom stereocenters. The summed E-state index contributed by atoms with van der Waals surface area (Å²) in [4.78, 5) is 25.2. The van der Waals surface area contributed by atoms with Crippen molar-refractivity contribution >= 4 is 54.9 Å². The third kappa shape index (κ3) is 5.81. The minimum atomic E-state index is -0.583. The molecule has 26 heavy (non-hydrogen) atoms. The van der Waals surface area contributed by atoms with E-state index in [1.165, 1.54) is 6.08 Å². The van der Waals surface area contributed by atoms with E-state index in [1.54, 1.807) is 6.07 Å². The quantitative estimate of drug-likeness (QED) is 0.536. The van der Waals surface area contributed by atoms with Crippen molar-refractivity contribution in [3.63, 3.8) is 0 Å². The maximum absolute atomic E-state index is 12.8. The molecular formula is C20H20Br2N2O2. The van der Waals surface area contributed by atoms with Crippen LogP contribution in [-0.2, 0) is 9.59 Å². The summed E-state index contributed by atoms with van der Waals surface area (Å²) in [5.74, 6) is -0.531. The molecule has 136 valence electrons. The van der Waals surface area contributed by atoms with Crippen LogP contribution in [0, 0.1) is 5.41 Å². The smallest absolute Gasteiger partial charge is 0.272 e. The van der Waals surface area contributed by atoms with Crippen LogP contribution in [0.5, 0.6) is 0 Å². The van der Waals surface area contributed by atoms with Gasteiger partial charge >= 0.3 is 0 Å². The van der Waals surface area contributed by atoms with Crippen LogP contribution >= 0.6 is 31.9 Å². The SMILES string of the molecule is CC(C)(C)C(=O)C=C(Nc1ccc(Br)cc1)C(=O)Nc1ccccc1Br. The van der Waals surface area contributed by atoms with Gasteiger partial charge in [0.2, 0.25) is 0 Å². The number of para-hydroxylation sites is 1. The topological polar surface area (TPSA) is 58.2 Å². The fraction of sp³-hybridized carbons (Fsp3) is 0.200. The second kappa shape index (κ2) is 8.64. The van der Waals surface area contributed by atoms with E-state index in [4.69, 9.17) is 0 Å². The van der Waals surface area contributed by atoms with Crippen LogP contribution in [0.2, 0.25) is 0 Å². The number of hydrogen-bond donors (Lipinski definition) is 2. The molecular weight excluding hydrogens is 460 g/mol. The normalized spacial score (nSPS) is 11.8. The lowest BCUT2D eigenvalue weighted by atomic mass is 9.90. The second-order valence-corrected chi connectivity index (χ2v) is 8.51. The fourth-order valence-corrected chi connectivity index (χ4v) is 2.60. The molecule has 0 saturated carbocycles. The number of anilines is 2. The van der Waals surface area contributed by atoms with E-state index >= 15 is 0 Å². The molecule has 0 aromatic heterocycles. The molecule has 2 aromatic carbocycles. The van der Waals surface area contributed by atoms with E-state index in [1.807, 2.05) is 63.2 Å². The minimum Gasteiger partial charge on any atom is -0.351 e. The van der Waals surface area contributed by atoms with Gasteiger partial charge in [-0.3, -0.25) is 9.59 Å². The Hall–Kier alpha value is -1.92. The lowest BCUT2D eigenvalue weighted by Crippen LogP contribution is -2.24. The summed E-state index contributed by atoms with van der Waals surface area (Å²) >= 11 is 6.78. The summed E-state index contributed by atoms with van der Waals surface area (Å²) in [6.07, 6.45) is 1.36. The van der Waals surface area contributed by atoms with E-state index in [-0.39, 0.29) is 11.5 Å². The maximum Gasteiger partial charge on any atom is 0.272 e. The third-order valence-corrected chi connectivity index (χ3v) is 4.72. The number of benzene rings is 2. The standard InChI is InChI=1S/C20H20Br2N2O2/c1-20(2,3)18(25)12-17(23-14-10-8-13(21)9-11-14)19(26)24-16-7-5-4-6-15(16)22/h4-12,23H,1-3H3,(H,24,26). The number of rotatable bonds is 5. The van der Waals surface area contributed by atoms with Crippen molar-refractivity contribution in [1.29, 1.82) is 0 Å². The van der Waals surface area contributed by atoms with Crippen LogP contribution in [0.15, 0.2) is 69.2 Å². The Balaban J connectivity index is 2.31. The molecule has 1 amide bonds. The summed E-state index contributed by atoms with van der Waals surface area (Å²) in [7, 11) is 0. The Morgan fingerprint density at radius 1 is 0.923 bits per heavy atom. The summed E-state index contributed by atoms with van der Waals surface area (Å²) < 4.78 is 1.69. The molecule has 0 spiro atoms. The van der Waals surface area contributed by atoms with E-state index in [2.05, 4.69) is 42.5 Å². The first-order chi connectivity index (χ1) is 12.2. The molecule has 0 aliphatic rings. The van der Waals surface area contributed by atoms with Gasteiger partial charge in [0.15, 0.2) is 5.78 Å². The Bertz CT molecular complexity index is 838. The van der Waals surface area contributed by atoms with Gasteiger partial charge in [-0.25, -0.2) is 0 Å². The summed E-state index contributed by atoms with van der Waals surface area (Å²) in [6.45, 7) is 5.44. The highest BCUT2D eigenvalue weighted by Crippen LogP contribution is 2.23. The van der Waals surface area contributed by atoms with E-state index < -0.39 is 11.3 Å². The first kappa shape index (κ1) is 20.4. The third-order valence-electron chi connectivity index (χ3n) is 3.50. The van der Waals surface area contributed by atoms with Gasteiger partial charge < -0.3 is 10.6 Å². The molecule has 0 radical (unpaired) electrons. The second-order valence-electron chi connectivity index (χ2n) is 6.74.